The number of amides is 1. The molecule has 1 aromatic carbocycles. The van der Waals surface area contributed by atoms with E-state index in [1.807, 2.05) is 6.07 Å². The molecule has 0 aliphatic carbocycles. The van der Waals surface area contributed by atoms with Gasteiger partial charge in [-0.25, -0.2) is 8.42 Å². The topological polar surface area (TPSA) is 70.9 Å². The second kappa shape index (κ2) is 7.65. The van der Waals surface area contributed by atoms with E-state index in [-0.39, 0.29) is 10.8 Å². The Hall–Kier alpha value is -1.74. The molecule has 8 heteroatoms. The number of quaternary nitrogens is 1. The molecule has 3 rings (SSSR count). The summed E-state index contributed by atoms with van der Waals surface area (Å²) in [7, 11) is -3.48. The maximum absolute atomic E-state index is 12.8. The van der Waals surface area contributed by atoms with Crippen molar-refractivity contribution >= 4 is 33.0 Å². The first kappa shape index (κ1) is 18.1. The molecule has 1 saturated heterocycles. The van der Waals surface area contributed by atoms with Crippen LogP contribution in [0.25, 0.3) is 0 Å². The van der Waals surface area contributed by atoms with Gasteiger partial charge in [-0.15, -0.1) is 11.3 Å². The third kappa shape index (κ3) is 4.46. The van der Waals surface area contributed by atoms with Gasteiger partial charge in [0.1, 0.15) is 6.54 Å². The minimum Gasteiger partial charge on any atom is -0.328 e. The van der Waals surface area contributed by atoms with Gasteiger partial charge in [0.2, 0.25) is 15.9 Å². The second-order valence-corrected chi connectivity index (χ2v) is 9.09. The molecule has 2 heterocycles. The van der Waals surface area contributed by atoms with Crippen molar-refractivity contribution in [2.45, 2.75) is 18.4 Å². The number of nitrogens with one attached hydrogen (secondary N) is 2. The van der Waals surface area contributed by atoms with E-state index < -0.39 is 10.0 Å². The van der Waals surface area contributed by atoms with Crippen LogP contribution in [0.4, 0.5) is 5.69 Å². The van der Waals surface area contributed by atoms with E-state index in [1.54, 1.807) is 39.9 Å². The van der Waals surface area contributed by atoms with Gasteiger partial charge < -0.3 is 10.2 Å². The summed E-state index contributed by atoms with van der Waals surface area (Å²) in [6, 6.07) is 10.5. The zero-order valence-electron chi connectivity index (χ0n) is 14.1. The van der Waals surface area contributed by atoms with Crippen LogP contribution in [-0.2, 0) is 21.4 Å². The Kier molecular flexibility index (Phi) is 5.53. The number of thiophene rings is 1. The molecule has 25 heavy (non-hydrogen) atoms. The molecule has 0 saturated carbocycles. The largest absolute Gasteiger partial charge is 0.328 e. The molecule has 1 aliphatic heterocycles. The summed E-state index contributed by atoms with van der Waals surface area (Å²) in [6.07, 6.45) is 0. The Balaban J connectivity index is 1.62. The van der Waals surface area contributed by atoms with Gasteiger partial charge in [-0.1, -0.05) is 6.07 Å². The molecule has 2 aromatic rings. The number of anilines is 1. The molecule has 134 valence electrons. The number of rotatable bonds is 5. The molecule has 1 amide bonds. The number of benzene rings is 1. The standard InChI is InChI=1S/C17H21N3O3S2/c1-14(21)18-15-4-6-17(7-5-15)25(22,23)20-10-8-19(9-11-20)13-16-3-2-12-24-16/h2-7,12H,8-11,13H2,1H3,(H,18,21)/p+1. The predicted octanol–water partition coefficient (Wildman–Crippen LogP) is 0.796. The molecule has 0 atom stereocenters. The molecule has 6 nitrogen and oxygen atoms in total. The van der Waals surface area contributed by atoms with E-state index in [0.29, 0.717) is 18.8 Å². The Labute approximate surface area is 152 Å². The number of nitrogens with zero attached hydrogens (tertiary/aromatic N) is 1. The van der Waals surface area contributed by atoms with Gasteiger partial charge >= 0.3 is 0 Å². The summed E-state index contributed by atoms with van der Waals surface area (Å²) < 4.78 is 27.1. The van der Waals surface area contributed by atoms with E-state index in [4.69, 9.17) is 0 Å². The monoisotopic (exact) mass is 380 g/mol. The van der Waals surface area contributed by atoms with Crippen molar-refractivity contribution in [1.29, 1.82) is 0 Å². The minimum absolute atomic E-state index is 0.180. The number of carbonyl (C=O) groups is 1. The van der Waals surface area contributed by atoms with Gasteiger partial charge in [-0.3, -0.25) is 4.79 Å². The van der Waals surface area contributed by atoms with Gasteiger partial charge in [-0.05, 0) is 35.7 Å². The lowest BCUT2D eigenvalue weighted by Crippen LogP contribution is -3.13. The summed E-state index contributed by atoms with van der Waals surface area (Å²) in [4.78, 5) is 14.1. The van der Waals surface area contributed by atoms with E-state index >= 15 is 0 Å². The highest BCUT2D eigenvalue weighted by Crippen LogP contribution is 2.18. The smallest absolute Gasteiger partial charge is 0.243 e. The normalized spacial score (nSPS) is 16.7. The number of piperazine rings is 1. The van der Waals surface area contributed by atoms with Crippen molar-refractivity contribution in [1.82, 2.24) is 4.31 Å². The van der Waals surface area contributed by atoms with Crippen molar-refractivity contribution < 1.29 is 18.1 Å². The first-order chi connectivity index (χ1) is 11.9. The Morgan fingerprint density at radius 3 is 2.44 bits per heavy atom. The first-order valence-corrected chi connectivity index (χ1v) is 10.5. The number of hydrogen-bond acceptors (Lipinski definition) is 4. The lowest BCUT2D eigenvalue weighted by atomic mass is 10.3. The van der Waals surface area contributed by atoms with Crippen molar-refractivity contribution in [2.75, 3.05) is 31.5 Å². The fraction of sp³-hybridized carbons (Fsp3) is 0.353. The Morgan fingerprint density at radius 1 is 1.20 bits per heavy atom. The predicted molar refractivity (Wildman–Crippen MR) is 98.2 cm³/mol. The van der Waals surface area contributed by atoms with Gasteiger partial charge in [0.25, 0.3) is 0 Å². The lowest BCUT2D eigenvalue weighted by Gasteiger charge is -2.31. The van der Waals surface area contributed by atoms with Crippen LogP contribution in [0, 0.1) is 0 Å². The van der Waals surface area contributed by atoms with Gasteiger partial charge in [0, 0.05) is 12.6 Å². The van der Waals surface area contributed by atoms with Crippen LogP contribution in [0.15, 0.2) is 46.7 Å². The third-order valence-corrected chi connectivity index (χ3v) is 7.04. The maximum atomic E-state index is 12.8. The summed E-state index contributed by atoms with van der Waals surface area (Å²) in [6.45, 7) is 5.04. The summed E-state index contributed by atoms with van der Waals surface area (Å²) in [5.74, 6) is -0.180. The van der Waals surface area contributed by atoms with E-state index in [2.05, 4.69) is 16.8 Å². The van der Waals surface area contributed by atoms with E-state index in [1.165, 1.54) is 16.7 Å². The van der Waals surface area contributed by atoms with Crippen LogP contribution in [-0.4, -0.2) is 44.8 Å². The Morgan fingerprint density at radius 2 is 1.88 bits per heavy atom. The molecular formula is C17H22N3O3S2+. The summed E-state index contributed by atoms with van der Waals surface area (Å²) in [5.41, 5.74) is 0.594. The quantitative estimate of drug-likeness (QED) is 0.806. The highest BCUT2D eigenvalue weighted by molar-refractivity contribution is 7.89. The average molecular weight is 381 g/mol. The van der Waals surface area contributed by atoms with Crippen molar-refractivity contribution in [3.05, 3.63) is 46.7 Å². The van der Waals surface area contributed by atoms with Crippen LogP contribution in [0.1, 0.15) is 11.8 Å². The van der Waals surface area contributed by atoms with Gasteiger partial charge in [-0.2, -0.15) is 4.31 Å². The van der Waals surface area contributed by atoms with Gasteiger partial charge in [0.05, 0.1) is 36.0 Å². The fourth-order valence-corrected chi connectivity index (χ4v) is 5.16. The molecular weight excluding hydrogens is 358 g/mol. The van der Waals surface area contributed by atoms with E-state index in [9.17, 15) is 13.2 Å². The molecule has 1 aliphatic rings. The molecule has 2 N–H and O–H groups in total. The first-order valence-electron chi connectivity index (χ1n) is 8.19. The molecule has 0 unspecified atom stereocenters. The highest BCUT2D eigenvalue weighted by atomic mass is 32.2. The van der Waals surface area contributed by atoms with Crippen LogP contribution in [0.2, 0.25) is 0 Å². The molecule has 0 bridgehead atoms. The minimum atomic E-state index is -3.48. The van der Waals surface area contributed by atoms with Crippen LogP contribution in [0.3, 0.4) is 0 Å². The van der Waals surface area contributed by atoms with Crippen molar-refractivity contribution in [3.63, 3.8) is 0 Å². The third-order valence-electron chi connectivity index (χ3n) is 4.25. The number of carbonyl (C=O) groups excluding carboxylic acids is 1. The molecule has 1 fully saturated rings. The molecule has 0 spiro atoms. The molecule has 0 radical (unpaired) electrons. The number of hydrogen-bond donors (Lipinski definition) is 2. The lowest BCUT2D eigenvalue weighted by molar-refractivity contribution is -0.917. The second-order valence-electron chi connectivity index (χ2n) is 6.12. The molecule has 1 aromatic heterocycles. The van der Waals surface area contributed by atoms with Crippen molar-refractivity contribution in [2.24, 2.45) is 0 Å². The van der Waals surface area contributed by atoms with Crippen LogP contribution in [0.5, 0.6) is 0 Å². The van der Waals surface area contributed by atoms with Gasteiger partial charge in [0.15, 0.2) is 0 Å². The highest BCUT2D eigenvalue weighted by Gasteiger charge is 2.30. The fourth-order valence-electron chi connectivity index (χ4n) is 2.94. The maximum Gasteiger partial charge on any atom is 0.243 e. The SMILES string of the molecule is CC(=O)Nc1ccc(S(=O)(=O)N2CC[NH+](Cc3cccs3)CC2)cc1. The zero-order chi connectivity index (χ0) is 17.9. The Bertz CT molecular complexity index is 809. The van der Waals surface area contributed by atoms with Crippen LogP contribution >= 0.6 is 11.3 Å². The van der Waals surface area contributed by atoms with Crippen molar-refractivity contribution in [3.8, 4) is 0 Å². The summed E-state index contributed by atoms with van der Waals surface area (Å²) in [5, 5.41) is 4.71. The van der Waals surface area contributed by atoms with E-state index in [0.717, 1.165) is 19.6 Å². The summed E-state index contributed by atoms with van der Waals surface area (Å²) >= 11 is 1.74. The zero-order valence-corrected chi connectivity index (χ0v) is 15.7. The average Bonchev–Trinajstić information content (AvgIpc) is 3.08. The van der Waals surface area contributed by atoms with Crippen LogP contribution < -0.4 is 10.2 Å². The number of sulfonamides is 1.